The van der Waals surface area contributed by atoms with Gasteiger partial charge in [-0.1, -0.05) is 35.5 Å². The standard InChI is InChI=1S/C13H11N3OS/c1-10(13-15-12(7-14)9-18-13)16-17-8-11-5-3-2-4-6-11/h2-6,9H,8H2,1H3. The highest BCUT2D eigenvalue weighted by molar-refractivity contribution is 7.11. The monoisotopic (exact) mass is 257 g/mol. The van der Waals surface area contributed by atoms with Gasteiger partial charge in [-0.2, -0.15) is 5.26 Å². The van der Waals surface area contributed by atoms with Gasteiger partial charge in [-0.05, 0) is 12.5 Å². The van der Waals surface area contributed by atoms with E-state index in [1.165, 1.54) is 11.3 Å². The van der Waals surface area contributed by atoms with Gasteiger partial charge in [0.05, 0.1) is 0 Å². The summed E-state index contributed by atoms with van der Waals surface area (Å²) in [5.41, 5.74) is 2.15. The predicted molar refractivity (Wildman–Crippen MR) is 70.3 cm³/mol. The fourth-order valence-electron chi connectivity index (χ4n) is 1.31. The molecule has 0 aliphatic rings. The average Bonchev–Trinajstić information content (AvgIpc) is 2.89. The van der Waals surface area contributed by atoms with Crippen molar-refractivity contribution in [3.05, 3.63) is 52.0 Å². The number of benzene rings is 1. The largest absolute Gasteiger partial charge is 0.391 e. The third kappa shape index (κ3) is 3.15. The maximum Gasteiger partial charge on any atom is 0.152 e. The van der Waals surface area contributed by atoms with Gasteiger partial charge in [-0.25, -0.2) is 4.98 Å². The molecule has 1 heterocycles. The van der Waals surface area contributed by atoms with Crippen molar-refractivity contribution >= 4 is 17.0 Å². The van der Waals surface area contributed by atoms with Crippen molar-refractivity contribution in [2.24, 2.45) is 5.16 Å². The van der Waals surface area contributed by atoms with Gasteiger partial charge >= 0.3 is 0 Å². The Kier molecular flexibility index (Phi) is 4.05. The Hall–Kier alpha value is -2.19. The van der Waals surface area contributed by atoms with Crippen molar-refractivity contribution in [1.82, 2.24) is 4.98 Å². The number of hydrogen-bond donors (Lipinski definition) is 0. The summed E-state index contributed by atoms with van der Waals surface area (Å²) in [6, 6.07) is 11.8. The molecular formula is C13H11N3OS. The molecule has 90 valence electrons. The molecule has 0 spiro atoms. The molecule has 0 amide bonds. The lowest BCUT2D eigenvalue weighted by Gasteiger charge is -2.00. The third-order valence-electron chi connectivity index (χ3n) is 2.20. The SMILES string of the molecule is CC(=NOCc1ccccc1)c1nc(C#N)cs1. The van der Waals surface area contributed by atoms with Crippen molar-refractivity contribution in [3.8, 4) is 6.07 Å². The van der Waals surface area contributed by atoms with E-state index in [-0.39, 0.29) is 0 Å². The number of rotatable bonds is 4. The van der Waals surface area contributed by atoms with Crippen molar-refractivity contribution in [1.29, 1.82) is 5.26 Å². The highest BCUT2D eigenvalue weighted by Gasteiger charge is 2.04. The highest BCUT2D eigenvalue weighted by atomic mass is 32.1. The quantitative estimate of drug-likeness (QED) is 0.625. The van der Waals surface area contributed by atoms with Crippen LogP contribution in [-0.2, 0) is 11.4 Å². The molecule has 0 unspecified atom stereocenters. The molecule has 0 atom stereocenters. The number of oxime groups is 1. The first-order valence-corrected chi connectivity index (χ1v) is 6.24. The number of nitrogens with zero attached hydrogens (tertiary/aromatic N) is 3. The van der Waals surface area contributed by atoms with Gasteiger partial charge in [-0.3, -0.25) is 0 Å². The van der Waals surface area contributed by atoms with Gasteiger partial charge in [0.15, 0.2) is 5.69 Å². The molecule has 2 aromatic rings. The number of hydrogen-bond acceptors (Lipinski definition) is 5. The molecule has 0 fully saturated rings. The lowest BCUT2D eigenvalue weighted by atomic mass is 10.2. The Morgan fingerprint density at radius 1 is 1.44 bits per heavy atom. The molecule has 0 saturated heterocycles. The van der Waals surface area contributed by atoms with E-state index in [0.717, 1.165) is 5.56 Å². The molecule has 0 aliphatic carbocycles. The van der Waals surface area contributed by atoms with E-state index in [2.05, 4.69) is 10.1 Å². The summed E-state index contributed by atoms with van der Waals surface area (Å²) in [7, 11) is 0. The van der Waals surface area contributed by atoms with Crippen molar-refractivity contribution in [3.63, 3.8) is 0 Å². The van der Waals surface area contributed by atoms with Crippen LogP contribution in [0.1, 0.15) is 23.2 Å². The molecule has 0 aliphatic heterocycles. The van der Waals surface area contributed by atoms with Crippen molar-refractivity contribution in [2.75, 3.05) is 0 Å². The summed E-state index contributed by atoms with van der Waals surface area (Å²) in [6.07, 6.45) is 0. The Balaban J connectivity index is 1.95. The van der Waals surface area contributed by atoms with E-state index in [4.69, 9.17) is 10.1 Å². The maximum absolute atomic E-state index is 8.68. The van der Waals surface area contributed by atoms with Gasteiger partial charge in [0.1, 0.15) is 23.4 Å². The average molecular weight is 257 g/mol. The van der Waals surface area contributed by atoms with E-state index in [9.17, 15) is 0 Å². The summed E-state index contributed by atoms with van der Waals surface area (Å²) in [6.45, 7) is 2.24. The topological polar surface area (TPSA) is 58.3 Å². The summed E-state index contributed by atoms with van der Waals surface area (Å²) >= 11 is 1.38. The minimum absolute atomic E-state index is 0.410. The van der Waals surface area contributed by atoms with Crippen LogP contribution in [0, 0.1) is 11.3 Å². The molecule has 0 radical (unpaired) electrons. The van der Waals surface area contributed by atoms with E-state index in [1.54, 1.807) is 5.38 Å². The van der Waals surface area contributed by atoms with E-state index in [1.807, 2.05) is 43.3 Å². The van der Waals surface area contributed by atoms with Crippen LogP contribution in [0.25, 0.3) is 0 Å². The van der Waals surface area contributed by atoms with Gasteiger partial charge < -0.3 is 4.84 Å². The summed E-state index contributed by atoms with van der Waals surface area (Å²) in [4.78, 5) is 9.35. The Labute approximate surface area is 109 Å². The molecular weight excluding hydrogens is 246 g/mol. The van der Waals surface area contributed by atoms with Crippen LogP contribution in [0.3, 0.4) is 0 Å². The Bertz CT molecular complexity index is 584. The van der Waals surface area contributed by atoms with Crippen LogP contribution >= 0.6 is 11.3 Å². The van der Waals surface area contributed by atoms with Gasteiger partial charge in [0, 0.05) is 5.38 Å². The third-order valence-corrected chi connectivity index (χ3v) is 3.15. The van der Waals surface area contributed by atoms with Gasteiger partial charge in [-0.15, -0.1) is 11.3 Å². The number of aromatic nitrogens is 1. The molecule has 2 rings (SSSR count). The Morgan fingerprint density at radius 2 is 2.22 bits per heavy atom. The van der Waals surface area contributed by atoms with Crippen LogP contribution < -0.4 is 0 Å². The van der Waals surface area contributed by atoms with Crippen LogP contribution in [0.5, 0.6) is 0 Å². The first kappa shape index (κ1) is 12.3. The second kappa shape index (κ2) is 5.94. The fourth-order valence-corrected chi connectivity index (χ4v) is 2.00. The maximum atomic E-state index is 8.68. The zero-order chi connectivity index (χ0) is 12.8. The predicted octanol–water partition coefficient (Wildman–Crippen LogP) is 2.96. The summed E-state index contributed by atoms with van der Waals surface area (Å²) in [5, 5.41) is 15.1. The van der Waals surface area contributed by atoms with Gasteiger partial charge in [0.2, 0.25) is 0 Å². The lowest BCUT2D eigenvalue weighted by molar-refractivity contribution is 0.130. The smallest absolute Gasteiger partial charge is 0.152 e. The first-order valence-electron chi connectivity index (χ1n) is 5.36. The zero-order valence-electron chi connectivity index (χ0n) is 9.83. The molecule has 0 bridgehead atoms. The van der Waals surface area contributed by atoms with Crippen LogP contribution in [-0.4, -0.2) is 10.7 Å². The lowest BCUT2D eigenvalue weighted by Crippen LogP contribution is -1.96. The molecule has 1 aromatic heterocycles. The number of thiazole rings is 1. The van der Waals surface area contributed by atoms with E-state index < -0.39 is 0 Å². The summed E-state index contributed by atoms with van der Waals surface area (Å²) < 4.78 is 0. The molecule has 4 nitrogen and oxygen atoms in total. The van der Waals surface area contributed by atoms with E-state index >= 15 is 0 Å². The first-order chi connectivity index (χ1) is 8.79. The van der Waals surface area contributed by atoms with Crippen LogP contribution in [0.4, 0.5) is 0 Å². The minimum atomic E-state index is 0.410. The zero-order valence-corrected chi connectivity index (χ0v) is 10.6. The second-order valence-corrected chi connectivity index (χ2v) is 4.44. The molecule has 18 heavy (non-hydrogen) atoms. The summed E-state index contributed by atoms with van der Waals surface area (Å²) in [5.74, 6) is 0. The van der Waals surface area contributed by atoms with Crippen LogP contribution in [0.15, 0.2) is 40.9 Å². The van der Waals surface area contributed by atoms with Crippen molar-refractivity contribution in [2.45, 2.75) is 13.5 Å². The normalized spacial score (nSPS) is 11.0. The number of nitriles is 1. The second-order valence-electron chi connectivity index (χ2n) is 3.59. The van der Waals surface area contributed by atoms with Crippen LogP contribution in [0.2, 0.25) is 0 Å². The molecule has 1 aromatic carbocycles. The Morgan fingerprint density at radius 3 is 2.89 bits per heavy atom. The highest BCUT2D eigenvalue weighted by Crippen LogP contribution is 2.10. The minimum Gasteiger partial charge on any atom is -0.391 e. The van der Waals surface area contributed by atoms with Crippen molar-refractivity contribution < 1.29 is 4.84 Å². The molecule has 5 heteroatoms. The molecule has 0 saturated carbocycles. The molecule has 0 N–H and O–H groups in total. The van der Waals surface area contributed by atoms with E-state index in [0.29, 0.717) is 23.0 Å². The fraction of sp³-hybridized carbons (Fsp3) is 0.154. The van der Waals surface area contributed by atoms with Gasteiger partial charge in [0.25, 0.3) is 0 Å².